The Morgan fingerprint density at radius 1 is 1.47 bits per heavy atom. The number of ketones is 1. The van der Waals surface area contributed by atoms with Gasteiger partial charge in [-0.15, -0.1) is 0 Å². The first-order valence-electron chi connectivity index (χ1n) is 4.91. The van der Waals surface area contributed by atoms with Crippen LogP contribution in [0.25, 0.3) is 0 Å². The van der Waals surface area contributed by atoms with Gasteiger partial charge in [0.1, 0.15) is 11.6 Å². The normalized spacial score (nSPS) is 12.5. The van der Waals surface area contributed by atoms with Crippen LogP contribution in [0.1, 0.15) is 18.9 Å². The molecule has 1 unspecified atom stereocenters. The zero-order valence-electron chi connectivity index (χ0n) is 9.00. The van der Waals surface area contributed by atoms with Crippen molar-refractivity contribution in [3.8, 4) is 0 Å². The highest BCUT2D eigenvalue weighted by molar-refractivity contribution is 5.81. The van der Waals surface area contributed by atoms with Crippen LogP contribution in [0.15, 0.2) is 24.3 Å². The minimum atomic E-state index is -0.323. The first-order chi connectivity index (χ1) is 7.13. The van der Waals surface area contributed by atoms with E-state index in [1.165, 1.54) is 6.07 Å². The summed E-state index contributed by atoms with van der Waals surface area (Å²) in [4.78, 5) is 11.5. The van der Waals surface area contributed by atoms with Crippen molar-refractivity contribution in [3.05, 3.63) is 35.6 Å². The van der Waals surface area contributed by atoms with E-state index in [9.17, 15) is 9.18 Å². The van der Waals surface area contributed by atoms with E-state index < -0.39 is 0 Å². The van der Waals surface area contributed by atoms with Crippen LogP contribution in [-0.2, 0) is 16.0 Å². The quantitative estimate of drug-likeness (QED) is 0.745. The van der Waals surface area contributed by atoms with Gasteiger partial charge in [-0.25, -0.2) is 4.39 Å². The summed E-state index contributed by atoms with van der Waals surface area (Å²) in [5.74, 6) is -0.328. The van der Waals surface area contributed by atoms with Gasteiger partial charge in [0.05, 0.1) is 6.10 Å². The summed E-state index contributed by atoms with van der Waals surface area (Å²) in [6.45, 7) is 1.82. The Balaban J connectivity index is 2.55. The van der Waals surface area contributed by atoms with Crippen molar-refractivity contribution < 1.29 is 13.9 Å². The van der Waals surface area contributed by atoms with Gasteiger partial charge < -0.3 is 4.74 Å². The molecule has 82 valence electrons. The summed E-state index contributed by atoms with van der Waals surface area (Å²) < 4.78 is 18.2. The van der Waals surface area contributed by atoms with Crippen molar-refractivity contribution in [1.29, 1.82) is 0 Å². The van der Waals surface area contributed by atoms with Crippen LogP contribution in [0, 0.1) is 5.82 Å². The van der Waals surface area contributed by atoms with E-state index in [4.69, 9.17) is 4.74 Å². The topological polar surface area (TPSA) is 26.3 Å². The van der Waals surface area contributed by atoms with Crippen LogP contribution in [0.2, 0.25) is 0 Å². The Labute approximate surface area is 89.1 Å². The largest absolute Gasteiger partial charge is 0.381 e. The number of hydrogen-bond donors (Lipinski definition) is 0. The van der Waals surface area contributed by atoms with Gasteiger partial charge in [-0.05, 0) is 18.6 Å². The van der Waals surface area contributed by atoms with Crippen LogP contribution in [-0.4, -0.2) is 19.0 Å². The van der Waals surface area contributed by atoms with E-state index in [0.29, 0.717) is 12.0 Å². The van der Waals surface area contributed by atoms with Crippen molar-refractivity contribution in [1.82, 2.24) is 0 Å². The second-order valence-electron chi connectivity index (χ2n) is 3.56. The van der Waals surface area contributed by atoms with Gasteiger partial charge in [-0.2, -0.15) is 0 Å². The minimum Gasteiger partial charge on any atom is -0.381 e. The van der Waals surface area contributed by atoms with Gasteiger partial charge >= 0.3 is 0 Å². The molecule has 1 aromatic carbocycles. The maximum absolute atomic E-state index is 13.2. The average molecular weight is 210 g/mol. The van der Waals surface area contributed by atoms with E-state index in [0.717, 1.165) is 0 Å². The number of Topliss-reactive ketones (excluding diaryl/α,β-unsaturated/α-hetero) is 1. The molecule has 0 saturated carbocycles. The fourth-order valence-electron chi connectivity index (χ4n) is 1.33. The molecule has 0 radical (unpaired) electrons. The maximum atomic E-state index is 13.2. The molecule has 0 saturated heterocycles. The summed E-state index contributed by atoms with van der Waals surface area (Å²) in [6, 6.07) is 6.33. The first kappa shape index (κ1) is 11.9. The lowest BCUT2D eigenvalue weighted by Crippen LogP contribution is -2.14. The molecule has 0 aromatic heterocycles. The van der Waals surface area contributed by atoms with Gasteiger partial charge in [-0.3, -0.25) is 4.79 Å². The third-order valence-corrected chi connectivity index (χ3v) is 2.26. The Morgan fingerprint density at radius 3 is 2.73 bits per heavy atom. The number of halogens is 1. The predicted octanol–water partition coefficient (Wildman–Crippen LogP) is 2.36. The zero-order valence-corrected chi connectivity index (χ0v) is 9.00. The monoisotopic (exact) mass is 210 g/mol. The van der Waals surface area contributed by atoms with Gasteiger partial charge in [0.25, 0.3) is 0 Å². The van der Waals surface area contributed by atoms with Crippen molar-refractivity contribution in [2.75, 3.05) is 7.11 Å². The van der Waals surface area contributed by atoms with Crippen molar-refractivity contribution >= 4 is 5.78 Å². The molecule has 0 spiro atoms. The van der Waals surface area contributed by atoms with E-state index in [2.05, 4.69) is 0 Å². The van der Waals surface area contributed by atoms with Gasteiger partial charge in [0.2, 0.25) is 0 Å². The number of ether oxygens (including phenoxy) is 1. The minimum absolute atomic E-state index is 0.00514. The molecule has 0 heterocycles. The zero-order chi connectivity index (χ0) is 11.3. The molecule has 0 aliphatic carbocycles. The van der Waals surface area contributed by atoms with Crippen molar-refractivity contribution in [2.24, 2.45) is 0 Å². The molecule has 2 nitrogen and oxygen atoms in total. The maximum Gasteiger partial charge on any atom is 0.139 e. The van der Waals surface area contributed by atoms with Crippen LogP contribution in [0.3, 0.4) is 0 Å². The Hall–Kier alpha value is -1.22. The van der Waals surface area contributed by atoms with E-state index in [1.54, 1.807) is 25.3 Å². The molecule has 1 atom stereocenters. The smallest absolute Gasteiger partial charge is 0.139 e. The highest BCUT2D eigenvalue weighted by Gasteiger charge is 2.11. The fraction of sp³-hybridized carbons (Fsp3) is 0.417. The summed E-state index contributed by atoms with van der Waals surface area (Å²) >= 11 is 0. The Kier molecular flexibility index (Phi) is 4.43. The number of carbonyl (C=O) groups is 1. The molecule has 0 bridgehead atoms. The number of benzene rings is 1. The van der Waals surface area contributed by atoms with Gasteiger partial charge in [0.15, 0.2) is 0 Å². The molecular weight excluding hydrogens is 195 g/mol. The summed E-state index contributed by atoms with van der Waals surface area (Å²) in [5.41, 5.74) is 0.450. The van der Waals surface area contributed by atoms with Crippen LogP contribution >= 0.6 is 0 Å². The number of carbonyl (C=O) groups excluding carboxylic acids is 1. The Bertz CT molecular complexity index is 336. The summed E-state index contributed by atoms with van der Waals surface area (Å²) in [5, 5.41) is 0. The highest BCUT2D eigenvalue weighted by atomic mass is 19.1. The molecule has 0 amide bonds. The summed E-state index contributed by atoms with van der Waals surface area (Å²) in [6.07, 6.45) is 0.356. The summed E-state index contributed by atoms with van der Waals surface area (Å²) in [7, 11) is 1.56. The second-order valence-corrected chi connectivity index (χ2v) is 3.56. The number of methoxy groups -OCH3 is 1. The molecule has 0 fully saturated rings. The third-order valence-electron chi connectivity index (χ3n) is 2.26. The van der Waals surface area contributed by atoms with Crippen LogP contribution in [0.4, 0.5) is 4.39 Å². The highest BCUT2D eigenvalue weighted by Crippen LogP contribution is 2.09. The molecule has 0 aliphatic heterocycles. The van der Waals surface area contributed by atoms with E-state index in [-0.39, 0.29) is 24.1 Å². The van der Waals surface area contributed by atoms with Crippen molar-refractivity contribution in [2.45, 2.75) is 25.9 Å². The number of hydrogen-bond acceptors (Lipinski definition) is 2. The fourth-order valence-corrected chi connectivity index (χ4v) is 1.33. The SMILES string of the molecule is COC(C)CC(=O)Cc1ccccc1F. The number of rotatable bonds is 5. The molecule has 1 rings (SSSR count). The lowest BCUT2D eigenvalue weighted by molar-refractivity contribution is -0.120. The van der Waals surface area contributed by atoms with Gasteiger partial charge in [-0.1, -0.05) is 18.2 Å². The first-order valence-corrected chi connectivity index (χ1v) is 4.91. The van der Waals surface area contributed by atoms with Crippen LogP contribution in [0.5, 0.6) is 0 Å². The second kappa shape index (κ2) is 5.61. The molecule has 3 heteroatoms. The standard InChI is InChI=1S/C12H15FO2/c1-9(15-2)7-11(14)8-10-5-3-4-6-12(10)13/h3-6,9H,7-8H2,1-2H3. The lowest BCUT2D eigenvalue weighted by atomic mass is 10.0. The average Bonchev–Trinajstić information content (AvgIpc) is 2.21. The van der Waals surface area contributed by atoms with Gasteiger partial charge in [0, 0.05) is 20.0 Å². The third kappa shape index (κ3) is 3.80. The Morgan fingerprint density at radius 2 is 2.13 bits per heavy atom. The van der Waals surface area contributed by atoms with E-state index in [1.807, 2.05) is 6.92 Å². The predicted molar refractivity (Wildman–Crippen MR) is 56.2 cm³/mol. The molecule has 1 aromatic rings. The molecular formula is C12H15FO2. The van der Waals surface area contributed by atoms with Crippen molar-refractivity contribution in [3.63, 3.8) is 0 Å². The molecule has 15 heavy (non-hydrogen) atoms. The van der Waals surface area contributed by atoms with Crippen LogP contribution < -0.4 is 0 Å². The molecule has 0 N–H and O–H groups in total. The molecule has 0 aliphatic rings. The van der Waals surface area contributed by atoms with E-state index >= 15 is 0 Å². The lowest BCUT2D eigenvalue weighted by Gasteiger charge is -2.08.